The van der Waals surface area contributed by atoms with E-state index in [1.807, 2.05) is 0 Å². The standard InChI is InChI=1S/C10H7ClF3NO/c11-9(10(12,13)14)8(6-15-16)7-4-2-1-3-5-7/h1-6,16H/b9-8-,15-6+. The van der Waals surface area contributed by atoms with Crippen LogP contribution in [-0.4, -0.2) is 17.6 Å². The summed E-state index contributed by atoms with van der Waals surface area (Å²) in [7, 11) is 0. The lowest BCUT2D eigenvalue weighted by atomic mass is 10.1. The number of halogens is 4. The first kappa shape index (κ1) is 12.6. The summed E-state index contributed by atoms with van der Waals surface area (Å²) in [5.41, 5.74) is -0.153. The van der Waals surface area contributed by atoms with Crippen molar-refractivity contribution in [3.05, 3.63) is 40.9 Å². The van der Waals surface area contributed by atoms with Crippen LogP contribution in [-0.2, 0) is 0 Å². The molecule has 0 saturated heterocycles. The Balaban J connectivity index is 3.31. The Hall–Kier alpha value is -1.49. The number of benzene rings is 1. The Kier molecular flexibility index (Phi) is 3.95. The molecule has 0 bridgehead atoms. The Morgan fingerprint density at radius 3 is 2.25 bits per heavy atom. The van der Waals surface area contributed by atoms with Crippen molar-refractivity contribution in [3.63, 3.8) is 0 Å². The largest absolute Gasteiger partial charge is 0.427 e. The highest BCUT2D eigenvalue weighted by Gasteiger charge is 2.35. The van der Waals surface area contributed by atoms with Crippen molar-refractivity contribution in [1.29, 1.82) is 0 Å². The van der Waals surface area contributed by atoms with Gasteiger partial charge in [-0.3, -0.25) is 0 Å². The second-order valence-corrected chi connectivity index (χ2v) is 3.21. The Bertz CT molecular complexity index is 412. The SMILES string of the molecule is O/N=C/C(=C(/Cl)C(F)(F)F)c1ccccc1. The van der Waals surface area contributed by atoms with Gasteiger partial charge >= 0.3 is 6.18 Å². The van der Waals surface area contributed by atoms with Gasteiger partial charge < -0.3 is 5.21 Å². The third-order valence-electron chi connectivity index (χ3n) is 1.76. The fourth-order valence-electron chi connectivity index (χ4n) is 1.09. The zero-order chi connectivity index (χ0) is 12.2. The van der Waals surface area contributed by atoms with Crippen LogP contribution in [0.3, 0.4) is 0 Å². The van der Waals surface area contributed by atoms with E-state index in [-0.39, 0.29) is 11.1 Å². The molecule has 0 saturated carbocycles. The molecular formula is C10H7ClF3NO. The van der Waals surface area contributed by atoms with Gasteiger partial charge in [0.1, 0.15) is 5.03 Å². The van der Waals surface area contributed by atoms with Crippen LogP contribution in [0.2, 0.25) is 0 Å². The van der Waals surface area contributed by atoms with E-state index in [1.54, 1.807) is 18.2 Å². The van der Waals surface area contributed by atoms with Crippen molar-refractivity contribution in [2.45, 2.75) is 6.18 Å². The van der Waals surface area contributed by atoms with Gasteiger partial charge in [-0.25, -0.2) is 0 Å². The lowest BCUT2D eigenvalue weighted by Crippen LogP contribution is -2.10. The van der Waals surface area contributed by atoms with Gasteiger partial charge in [-0.05, 0) is 5.56 Å². The Morgan fingerprint density at radius 1 is 1.25 bits per heavy atom. The summed E-state index contributed by atoms with van der Waals surface area (Å²) >= 11 is 5.19. The molecule has 1 aromatic rings. The molecule has 0 fully saturated rings. The fraction of sp³-hybridized carbons (Fsp3) is 0.100. The number of nitrogens with zero attached hydrogens (tertiary/aromatic N) is 1. The predicted octanol–water partition coefficient (Wildman–Crippen LogP) is 3.66. The summed E-state index contributed by atoms with van der Waals surface area (Å²) in [5, 5.41) is 9.58. The zero-order valence-corrected chi connectivity index (χ0v) is 8.63. The minimum absolute atomic E-state index is 0.225. The molecule has 0 spiro atoms. The van der Waals surface area contributed by atoms with E-state index in [0.29, 0.717) is 6.21 Å². The van der Waals surface area contributed by atoms with Gasteiger partial charge in [0, 0.05) is 5.57 Å². The Morgan fingerprint density at radius 2 is 1.81 bits per heavy atom. The average Bonchev–Trinajstić information content (AvgIpc) is 2.25. The van der Waals surface area contributed by atoms with Crippen molar-refractivity contribution in [1.82, 2.24) is 0 Å². The van der Waals surface area contributed by atoms with Gasteiger partial charge in [0.15, 0.2) is 0 Å². The fourth-order valence-corrected chi connectivity index (χ4v) is 1.24. The van der Waals surface area contributed by atoms with Gasteiger partial charge in [0.05, 0.1) is 6.21 Å². The van der Waals surface area contributed by atoms with Gasteiger partial charge in [0.25, 0.3) is 0 Å². The molecule has 0 radical (unpaired) electrons. The molecule has 2 nitrogen and oxygen atoms in total. The third kappa shape index (κ3) is 3.00. The normalized spacial score (nSPS) is 14.0. The molecular weight excluding hydrogens is 243 g/mol. The first-order chi connectivity index (χ1) is 7.46. The number of oxime groups is 1. The smallest absolute Gasteiger partial charge is 0.411 e. The number of rotatable bonds is 2. The van der Waals surface area contributed by atoms with Gasteiger partial charge in [-0.2, -0.15) is 13.2 Å². The topological polar surface area (TPSA) is 32.6 Å². The first-order valence-electron chi connectivity index (χ1n) is 4.16. The van der Waals surface area contributed by atoms with Gasteiger partial charge in [-0.15, -0.1) is 0 Å². The molecule has 0 aliphatic heterocycles. The molecule has 0 heterocycles. The van der Waals surface area contributed by atoms with E-state index in [2.05, 4.69) is 5.16 Å². The van der Waals surface area contributed by atoms with E-state index < -0.39 is 11.2 Å². The average molecular weight is 250 g/mol. The van der Waals surface area contributed by atoms with Crippen molar-refractivity contribution in [2.75, 3.05) is 0 Å². The predicted molar refractivity (Wildman–Crippen MR) is 55.5 cm³/mol. The molecule has 0 atom stereocenters. The molecule has 1 rings (SSSR count). The highest BCUT2D eigenvalue weighted by molar-refractivity contribution is 6.37. The summed E-state index contributed by atoms with van der Waals surface area (Å²) in [4.78, 5) is 0. The van der Waals surface area contributed by atoms with Crippen molar-refractivity contribution in [3.8, 4) is 0 Å². The number of alkyl halides is 3. The van der Waals surface area contributed by atoms with Crippen LogP contribution in [0.5, 0.6) is 0 Å². The second-order valence-electron chi connectivity index (χ2n) is 2.84. The molecule has 0 aliphatic carbocycles. The maximum atomic E-state index is 12.4. The van der Waals surface area contributed by atoms with Crippen molar-refractivity contribution >= 4 is 23.4 Å². The zero-order valence-electron chi connectivity index (χ0n) is 7.87. The number of allylic oxidation sites excluding steroid dienone is 2. The molecule has 1 aromatic carbocycles. The number of hydrogen-bond donors (Lipinski definition) is 1. The minimum atomic E-state index is -4.67. The quantitative estimate of drug-likeness (QED) is 0.484. The van der Waals surface area contributed by atoms with E-state index in [9.17, 15) is 13.2 Å². The van der Waals surface area contributed by atoms with Crippen LogP contribution in [0.1, 0.15) is 5.56 Å². The Labute approximate surface area is 94.6 Å². The molecule has 0 aromatic heterocycles. The molecule has 0 aliphatic rings. The highest BCUT2D eigenvalue weighted by atomic mass is 35.5. The maximum Gasteiger partial charge on any atom is 0.427 e. The molecule has 16 heavy (non-hydrogen) atoms. The van der Waals surface area contributed by atoms with E-state index in [0.717, 1.165) is 0 Å². The number of hydrogen-bond acceptors (Lipinski definition) is 2. The van der Waals surface area contributed by atoms with Crippen LogP contribution in [0.25, 0.3) is 5.57 Å². The van der Waals surface area contributed by atoms with Gasteiger partial charge in [-0.1, -0.05) is 47.1 Å². The molecule has 1 N–H and O–H groups in total. The minimum Gasteiger partial charge on any atom is -0.411 e. The summed E-state index contributed by atoms with van der Waals surface area (Å²) in [5.74, 6) is 0. The summed E-state index contributed by atoms with van der Waals surface area (Å²) in [6.07, 6.45) is -4.01. The molecule has 6 heteroatoms. The summed E-state index contributed by atoms with van der Waals surface area (Å²) < 4.78 is 37.1. The first-order valence-corrected chi connectivity index (χ1v) is 4.54. The lowest BCUT2D eigenvalue weighted by Gasteiger charge is -2.09. The van der Waals surface area contributed by atoms with Crippen LogP contribution < -0.4 is 0 Å². The lowest BCUT2D eigenvalue weighted by molar-refractivity contribution is -0.0838. The second kappa shape index (κ2) is 5.03. The van der Waals surface area contributed by atoms with Crippen molar-refractivity contribution in [2.24, 2.45) is 5.16 Å². The van der Waals surface area contributed by atoms with Crippen LogP contribution in [0, 0.1) is 0 Å². The summed E-state index contributed by atoms with van der Waals surface area (Å²) in [6.45, 7) is 0. The maximum absolute atomic E-state index is 12.4. The molecule has 86 valence electrons. The van der Waals surface area contributed by atoms with Crippen molar-refractivity contribution < 1.29 is 18.4 Å². The van der Waals surface area contributed by atoms with E-state index in [1.165, 1.54) is 12.1 Å². The third-order valence-corrected chi connectivity index (χ3v) is 2.17. The summed E-state index contributed by atoms with van der Waals surface area (Å²) in [6, 6.07) is 7.64. The molecule has 0 amide bonds. The van der Waals surface area contributed by atoms with E-state index >= 15 is 0 Å². The van der Waals surface area contributed by atoms with Crippen LogP contribution >= 0.6 is 11.6 Å². The molecule has 0 unspecified atom stereocenters. The van der Waals surface area contributed by atoms with Gasteiger partial charge in [0.2, 0.25) is 0 Å². The monoisotopic (exact) mass is 249 g/mol. The van der Waals surface area contributed by atoms with Crippen LogP contribution in [0.4, 0.5) is 13.2 Å². The van der Waals surface area contributed by atoms with Crippen LogP contribution in [0.15, 0.2) is 40.5 Å². The highest BCUT2D eigenvalue weighted by Crippen LogP contribution is 2.34. The van der Waals surface area contributed by atoms with E-state index in [4.69, 9.17) is 16.8 Å².